The number of nitriles is 1. The predicted octanol–water partition coefficient (Wildman–Crippen LogP) is 3.84. The van der Waals surface area contributed by atoms with Crippen LogP contribution in [0.4, 0.5) is 10.1 Å². The van der Waals surface area contributed by atoms with Crippen molar-refractivity contribution in [2.24, 2.45) is 0 Å². The first-order valence-corrected chi connectivity index (χ1v) is 9.64. The van der Waals surface area contributed by atoms with Crippen molar-refractivity contribution in [3.05, 3.63) is 76.1 Å². The topological polar surface area (TPSA) is 82.0 Å². The molecule has 7 heteroatoms. The quantitative estimate of drug-likeness (QED) is 0.806. The standard InChI is InChI=1S/C21H18FN3O2S/c1-13-5-4-6-14(9-13)24-20(27)12-28-21-17(11-23)16(10-19(26)25-21)15-7-2-3-8-18(15)22/h2-9,16H,10,12H2,1H3,(H,24,27)(H,25,26)/t16-/m1/s1. The predicted molar refractivity (Wildman–Crippen MR) is 107 cm³/mol. The molecular formula is C21H18FN3O2S. The first-order chi connectivity index (χ1) is 13.5. The Bertz CT molecular complexity index is 997. The van der Waals surface area contributed by atoms with Crippen LogP contribution in [0.2, 0.25) is 0 Å². The van der Waals surface area contributed by atoms with Crippen LogP contribution in [0.25, 0.3) is 0 Å². The number of hydrogen-bond acceptors (Lipinski definition) is 4. The molecule has 2 amide bonds. The summed E-state index contributed by atoms with van der Waals surface area (Å²) in [6.07, 6.45) is -0.0105. The van der Waals surface area contributed by atoms with E-state index in [1.54, 1.807) is 24.3 Å². The molecule has 1 heterocycles. The van der Waals surface area contributed by atoms with Crippen LogP contribution in [-0.2, 0) is 9.59 Å². The van der Waals surface area contributed by atoms with Gasteiger partial charge in [0, 0.05) is 18.0 Å². The van der Waals surface area contributed by atoms with Crippen LogP contribution in [0.1, 0.15) is 23.5 Å². The highest BCUT2D eigenvalue weighted by atomic mass is 32.2. The van der Waals surface area contributed by atoms with Crippen molar-refractivity contribution in [3.63, 3.8) is 0 Å². The zero-order chi connectivity index (χ0) is 20.1. The van der Waals surface area contributed by atoms with Gasteiger partial charge < -0.3 is 10.6 Å². The molecule has 2 aromatic carbocycles. The summed E-state index contributed by atoms with van der Waals surface area (Å²) in [5, 5.41) is 15.3. The number of carbonyl (C=O) groups excluding carboxylic acids is 2. The molecule has 0 bridgehead atoms. The Morgan fingerprint density at radius 2 is 2.11 bits per heavy atom. The second-order valence-corrected chi connectivity index (χ2v) is 7.37. The number of rotatable bonds is 5. The Morgan fingerprint density at radius 3 is 2.82 bits per heavy atom. The number of benzene rings is 2. The molecule has 142 valence electrons. The summed E-state index contributed by atoms with van der Waals surface area (Å²) in [5.74, 6) is -1.69. The van der Waals surface area contributed by atoms with Gasteiger partial charge in [0.1, 0.15) is 5.82 Å². The number of aryl methyl sites for hydroxylation is 1. The molecule has 1 atom stereocenters. The van der Waals surface area contributed by atoms with Crippen molar-refractivity contribution >= 4 is 29.3 Å². The molecule has 3 rings (SSSR count). The van der Waals surface area contributed by atoms with Crippen LogP contribution >= 0.6 is 11.8 Å². The minimum Gasteiger partial charge on any atom is -0.325 e. The number of allylic oxidation sites excluding steroid dienone is 1. The number of hydrogen-bond donors (Lipinski definition) is 2. The van der Waals surface area contributed by atoms with Gasteiger partial charge in [0.05, 0.1) is 22.4 Å². The third-order valence-corrected chi connectivity index (χ3v) is 5.30. The number of nitrogens with zero attached hydrogens (tertiary/aromatic N) is 1. The summed E-state index contributed by atoms with van der Waals surface area (Å²) in [6.45, 7) is 1.93. The molecule has 2 aromatic rings. The fraction of sp³-hybridized carbons (Fsp3) is 0.190. The molecule has 0 fully saturated rings. The van der Waals surface area contributed by atoms with Crippen LogP contribution in [-0.4, -0.2) is 17.6 Å². The van der Waals surface area contributed by atoms with Crippen molar-refractivity contribution in [1.29, 1.82) is 5.26 Å². The van der Waals surface area contributed by atoms with Gasteiger partial charge in [-0.1, -0.05) is 42.1 Å². The van der Waals surface area contributed by atoms with Crippen molar-refractivity contribution in [2.75, 3.05) is 11.1 Å². The maximum absolute atomic E-state index is 14.2. The summed E-state index contributed by atoms with van der Waals surface area (Å²) in [5.41, 5.74) is 2.26. The van der Waals surface area contributed by atoms with E-state index in [1.807, 2.05) is 25.1 Å². The van der Waals surface area contributed by atoms with Gasteiger partial charge in [0.15, 0.2) is 0 Å². The lowest BCUT2D eigenvalue weighted by Crippen LogP contribution is -2.31. The van der Waals surface area contributed by atoms with E-state index < -0.39 is 11.7 Å². The van der Waals surface area contributed by atoms with E-state index in [0.29, 0.717) is 16.3 Å². The summed E-state index contributed by atoms with van der Waals surface area (Å²) >= 11 is 1.06. The van der Waals surface area contributed by atoms with Gasteiger partial charge in [-0.25, -0.2) is 4.39 Å². The molecule has 1 aliphatic rings. The minimum absolute atomic E-state index is 0.0105. The van der Waals surface area contributed by atoms with E-state index in [-0.39, 0.29) is 29.6 Å². The van der Waals surface area contributed by atoms with Gasteiger partial charge in [-0.05, 0) is 36.2 Å². The Hall–Kier alpha value is -3.11. The van der Waals surface area contributed by atoms with Gasteiger partial charge in [-0.3, -0.25) is 9.59 Å². The number of nitrogens with one attached hydrogen (secondary N) is 2. The molecule has 0 saturated carbocycles. The fourth-order valence-electron chi connectivity index (χ4n) is 3.01. The lowest BCUT2D eigenvalue weighted by Gasteiger charge is -2.25. The van der Waals surface area contributed by atoms with Gasteiger partial charge >= 0.3 is 0 Å². The smallest absolute Gasteiger partial charge is 0.234 e. The van der Waals surface area contributed by atoms with Crippen molar-refractivity contribution in [2.45, 2.75) is 19.3 Å². The number of halogens is 1. The largest absolute Gasteiger partial charge is 0.325 e. The van der Waals surface area contributed by atoms with Crippen LogP contribution in [0.5, 0.6) is 0 Å². The average molecular weight is 395 g/mol. The van der Waals surface area contributed by atoms with Crippen molar-refractivity contribution < 1.29 is 14.0 Å². The average Bonchev–Trinajstić information content (AvgIpc) is 2.66. The van der Waals surface area contributed by atoms with E-state index >= 15 is 0 Å². The summed E-state index contributed by atoms with van der Waals surface area (Å²) in [7, 11) is 0. The summed E-state index contributed by atoms with van der Waals surface area (Å²) < 4.78 is 14.2. The second kappa shape index (κ2) is 8.72. The van der Waals surface area contributed by atoms with Crippen LogP contribution in [0, 0.1) is 24.1 Å². The maximum atomic E-state index is 14.2. The Kier molecular flexibility index (Phi) is 6.12. The second-order valence-electron chi connectivity index (χ2n) is 6.39. The van der Waals surface area contributed by atoms with E-state index in [1.165, 1.54) is 6.07 Å². The van der Waals surface area contributed by atoms with Gasteiger partial charge in [-0.15, -0.1) is 0 Å². The highest BCUT2D eigenvalue weighted by Gasteiger charge is 2.31. The van der Waals surface area contributed by atoms with E-state index in [4.69, 9.17) is 0 Å². The number of anilines is 1. The molecule has 0 spiro atoms. The van der Waals surface area contributed by atoms with Gasteiger partial charge in [0.2, 0.25) is 11.8 Å². The molecule has 0 unspecified atom stereocenters. The van der Waals surface area contributed by atoms with E-state index in [9.17, 15) is 19.2 Å². The zero-order valence-electron chi connectivity index (χ0n) is 15.2. The Labute approximate surface area is 166 Å². The van der Waals surface area contributed by atoms with Gasteiger partial charge in [0.25, 0.3) is 0 Å². The van der Waals surface area contributed by atoms with Gasteiger partial charge in [-0.2, -0.15) is 5.26 Å². The van der Waals surface area contributed by atoms with Crippen molar-refractivity contribution in [3.8, 4) is 6.07 Å². The molecule has 0 aromatic heterocycles. The van der Waals surface area contributed by atoms with Crippen LogP contribution in [0.3, 0.4) is 0 Å². The molecule has 28 heavy (non-hydrogen) atoms. The molecule has 5 nitrogen and oxygen atoms in total. The summed E-state index contributed by atoms with van der Waals surface area (Å²) in [4.78, 5) is 24.4. The highest BCUT2D eigenvalue weighted by Crippen LogP contribution is 2.36. The van der Waals surface area contributed by atoms with Crippen molar-refractivity contribution in [1.82, 2.24) is 5.32 Å². The number of amides is 2. The minimum atomic E-state index is -0.665. The van der Waals surface area contributed by atoms with Crippen LogP contribution in [0.15, 0.2) is 59.1 Å². The first kappa shape index (κ1) is 19.6. The SMILES string of the molecule is Cc1cccc(NC(=O)CSC2=C(C#N)[C@@H](c3ccccc3F)CC(=O)N2)c1. The molecule has 0 aliphatic carbocycles. The molecule has 0 saturated heterocycles. The maximum Gasteiger partial charge on any atom is 0.234 e. The molecular weight excluding hydrogens is 377 g/mol. The molecule has 2 N–H and O–H groups in total. The third kappa shape index (κ3) is 4.59. The lowest BCUT2D eigenvalue weighted by molar-refractivity contribution is -0.121. The zero-order valence-corrected chi connectivity index (χ0v) is 16.0. The highest BCUT2D eigenvalue weighted by molar-refractivity contribution is 8.03. The molecule has 0 radical (unpaired) electrons. The Morgan fingerprint density at radius 1 is 1.32 bits per heavy atom. The normalized spacial score (nSPS) is 16.3. The summed E-state index contributed by atoms with van der Waals surface area (Å²) in [6, 6.07) is 15.6. The number of carbonyl (C=O) groups is 2. The lowest BCUT2D eigenvalue weighted by atomic mass is 9.87. The fourth-order valence-corrected chi connectivity index (χ4v) is 3.89. The Balaban J connectivity index is 1.77. The monoisotopic (exact) mass is 395 g/mol. The number of thioether (sulfide) groups is 1. The first-order valence-electron chi connectivity index (χ1n) is 8.66. The third-order valence-electron chi connectivity index (χ3n) is 4.29. The van der Waals surface area contributed by atoms with Crippen LogP contribution < -0.4 is 10.6 Å². The molecule has 1 aliphatic heterocycles. The van der Waals surface area contributed by atoms with E-state index in [2.05, 4.69) is 16.7 Å². The van der Waals surface area contributed by atoms with E-state index in [0.717, 1.165) is 17.3 Å².